The molecule has 0 atom stereocenters. The minimum atomic E-state index is 0.0371. The molecule has 0 aliphatic rings. The molecule has 0 aromatic heterocycles. The first kappa shape index (κ1) is 22.5. The summed E-state index contributed by atoms with van der Waals surface area (Å²) in [6.45, 7) is 10.4. The van der Waals surface area contributed by atoms with E-state index < -0.39 is 0 Å². The van der Waals surface area contributed by atoms with Crippen molar-refractivity contribution in [3.63, 3.8) is 0 Å². The summed E-state index contributed by atoms with van der Waals surface area (Å²) >= 11 is 4.82. The molecule has 0 fully saturated rings. The molecule has 25 heavy (non-hydrogen) atoms. The Kier molecular flexibility index (Phi) is 9.55. The van der Waals surface area contributed by atoms with Crippen LogP contribution in [0.4, 0.5) is 0 Å². The quantitative estimate of drug-likeness (QED) is 0.425. The van der Waals surface area contributed by atoms with Crippen molar-refractivity contribution in [1.82, 2.24) is 0 Å². The fourth-order valence-electron chi connectivity index (χ4n) is 4.65. The van der Waals surface area contributed by atoms with Crippen molar-refractivity contribution in [1.29, 1.82) is 0 Å². The summed E-state index contributed by atoms with van der Waals surface area (Å²) < 4.78 is 0. The molecule has 0 saturated carbocycles. The van der Waals surface area contributed by atoms with Crippen LogP contribution in [0, 0.1) is 0 Å². The van der Waals surface area contributed by atoms with Gasteiger partial charge in [0.05, 0.1) is 0 Å². The number of hydrogen-bond donors (Lipinski definition) is 3. The van der Waals surface area contributed by atoms with E-state index in [0.29, 0.717) is 13.1 Å². The average Bonchev–Trinajstić information content (AvgIpc) is 2.61. The van der Waals surface area contributed by atoms with Crippen molar-refractivity contribution < 1.29 is 0 Å². The fraction of sp³-hybridized carbons (Fsp3) is 0.727. The minimum Gasteiger partial charge on any atom is -0.330 e. The van der Waals surface area contributed by atoms with E-state index in [1.807, 2.05) is 0 Å². The Morgan fingerprint density at radius 2 is 1.20 bits per heavy atom. The van der Waals surface area contributed by atoms with Gasteiger partial charge in [-0.1, -0.05) is 65.5 Å². The number of benzene rings is 1. The van der Waals surface area contributed by atoms with Crippen molar-refractivity contribution in [2.75, 3.05) is 13.1 Å². The van der Waals surface area contributed by atoms with E-state index in [0.717, 1.165) is 56.3 Å². The molecule has 1 rings (SSSR count). The molecule has 4 N–H and O–H groups in total. The third kappa shape index (κ3) is 5.02. The summed E-state index contributed by atoms with van der Waals surface area (Å²) in [5.41, 5.74) is 15.5. The molecule has 0 unspecified atom stereocenters. The van der Waals surface area contributed by atoms with Crippen LogP contribution in [0.1, 0.15) is 90.2 Å². The monoisotopic (exact) mass is 364 g/mol. The van der Waals surface area contributed by atoms with Crippen LogP contribution in [-0.4, -0.2) is 13.1 Å². The second-order valence-electron chi connectivity index (χ2n) is 7.70. The van der Waals surface area contributed by atoms with Gasteiger partial charge in [-0.25, -0.2) is 0 Å². The zero-order valence-electron chi connectivity index (χ0n) is 16.9. The first-order chi connectivity index (χ1) is 12.0. The van der Waals surface area contributed by atoms with Crippen molar-refractivity contribution in [3.05, 3.63) is 29.3 Å². The molecular weight excluding hydrogens is 324 g/mol. The Hall–Kier alpha value is -0.510. The summed E-state index contributed by atoms with van der Waals surface area (Å²) in [5, 5.41) is 0. The number of rotatable bonds is 12. The van der Waals surface area contributed by atoms with Gasteiger partial charge < -0.3 is 11.5 Å². The molecule has 0 saturated heterocycles. The highest BCUT2D eigenvalue weighted by atomic mass is 32.1. The van der Waals surface area contributed by atoms with Crippen LogP contribution in [0.3, 0.4) is 0 Å². The molecule has 1 aromatic carbocycles. The summed E-state index contributed by atoms with van der Waals surface area (Å²) in [7, 11) is 0. The molecule has 0 bridgehead atoms. The number of nitrogens with two attached hydrogens (primary N) is 2. The van der Waals surface area contributed by atoms with Crippen molar-refractivity contribution in [3.8, 4) is 0 Å². The molecule has 0 heterocycles. The predicted molar refractivity (Wildman–Crippen MR) is 115 cm³/mol. The van der Waals surface area contributed by atoms with Crippen LogP contribution in [0.5, 0.6) is 0 Å². The Balaban J connectivity index is 3.50. The lowest BCUT2D eigenvalue weighted by molar-refractivity contribution is 0.349. The second-order valence-corrected chi connectivity index (χ2v) is 8.18. The topological polar surface area (TPSA) is 52.0 Å². The highest BCUT2D eigenvalue weighted by molar-refractivity contribution is 7.80. The van der Waals surface area contributed by atoms with Crippen LogP contribution < -0.4 is 11.5 Å². The Morgan fingerprint density at radius 1 is 0.760 bits per heavy atom. The molecular formula is C22H40N2S. The van der Waals surface area contributed by atoms with Crippen LogP contribution in [0.2, 0.25) is 0 Å². The van der Waals surface area contributed by atoms with E-state index >= 15 is 0 Å². The van der Waals surface area contributed by atoms with E-state index in [9.17, 15) is 0 Å². The molecule has 0 aliphatic heterocycles. The first-order valence-corrected chi connectivity index (χ1v) is 10.7. The Bertz CT molecular complexity index is 501. The van der Waals surface area contributed by atoms with Crippen LogP contribution in [0.15, 0.2) is 23.1 Å². The van der Waals surface area contributed by atoms with E-state index in [4.69, 9.17) is 24.1 Å². The highest BCUT2D eigenvalue weighted by Gasteiger charge is 2.34. The highest BCUT2D eigenvalue weighted by Crippen LogP contribution is 2.41. The second kappa shape index (κ2) is 10.6. The van der Waals surface area contributed by atoms with E-state index in [1.165, 1.54) is 11.1 Å². The maximum atomic E-state index is 6.33. The molecule has 0 spiro atoms. The maximum Gasteiger partial charge on any atom is 0.00864 e. The van der Waals surface area contributed by atoms with Gasteiger partial charge in [0, 0.05) is 28.8 Å². The maximum absolute atomic E-state index is 6.33. The van der Waals surface area contributed by atoms with Crippen molar-refractivity contribution in [2.45, 2.75) is 94.8 Å². The third-order valence-corrected chi connectivity index (χ3v) is 6.27. The Labute approximate surface area is 161 Å². The lowest BCUT2D eigenvalue weighted by atomic mass is 9.69. The number of hydrogen-bond acceptors (Lipinski definition) is 3. The summed E-state index contributed by atoms with van der Waals surface area (Å²) in [4.78, 5) is 1.08. The zero-order valence-corrected chi connectivity index (χ0v) is 17.8. The SMILES string of the molecule is CCCC(CN)(CCC)c1ccc(S)c(C(CN)(CCC)CCC)c1. The van der Waals surface area contributed by atoms with E-state index in [1.54, 1.807) is 0 Å². The predicted octanol–water partition coefficient (Wildman–Crippen LogP) is 5.57. The largest absolute Gasteiger partial charge is 0.330 e. The van der Waals surface area contributed by atoms with Gasteiger partial charge in [0.2, 0.25) is 0 Å². The lowest BCUT2D eigenvalue weighted by Gasteiger charge is -2.38. The normalized spacial score (nSPS) is 12.6. The molecule has 2 nitrogen and oxygen atoms in total. The summed E-state index contributed by atoms with van der Waals surface area (Å²) in [6.07, 6.45) is 9.10. The average molecular weight is 365 g/mol. The van der Waals surface area contributed by atoms with Crippen molar-refractivity contribution in [2.24, 2.45) is 11.5 Å². The summed E-state index contributed by atoms with van der Waals surface area (Å²) in [6, 6.07) is 6.83. The van der Waals surface area contributed by atoms with Gasteiger partial charge in [-0.2, -0.15) is 0 Å². The molecule has 0 aliphatic carbocycles. The minimum absolute atomic E-state index is 0.0371. The van der Waals surface area contributed by atoms with Crippen LogP contribution >= 0.6 is 12.6 Å². The molecule has 0 radical (unpaired) electrons. The zero-order chi connectivity index (χ0) is 18.9. The van der Waals surface area contributed by atoms with Gasteiger partial charge in [-0.05, 0) is 42.9 Å². The van der Waals surface area contributed by atoms with Crippen molar-refractivity contribution >= 4 is 12.6 Å². The van der Waals surface area contributed by atoms with Gasteiger partial charge in [-0.3, -0.25) is 0 Å². The lowest BCUT2D eigenvalue weighted by Crippen LogP contribution is -2.38. The van der Waals surface area contributed by atoms with Crippen LogP contribution in [0.25, 0.3) is 0 Å². The van der Waals surface area contributed by atoms with Crippen LogP contribution in [-0.2, 0) is 10.8 Å². The van der Waals surface area contributed by atoms with Gasteiger partial charge >= 0.3 is 0 Å². The standard InChI is InChI=1S/C22H40N2S/c1-5-11-21(16-23,12-6-2)18-9-10-20(25)19(15-18)22(17-24,13-7-3)14-8-4/h9-10,15,25H,5-8,11-14,16-17,23-24H2,1-4H3. The van der Waals surface area contributed by atoms with E-state index in [2.05, 4.69) is 45.9 Å². The van der Waals surface area contributed by atoms with Gasteiger partial charge in [0.1, 0.15) is 0 Å². The van der Waals surface area contributed by atoms with Gasteiger partial charge in [0.25, 0.3) is 0 Å². The molecule has 3 heteroatoms. The van der Waals surface area contributed by atoms with Gasteiger partial charge in [0.15, 0.2) is 0 Å². The molecule has 0 amide bonds. The smallest absolute Gasteiger partial charge is 0.00864 e. The molecule has 144 valence electrons. The Morgan fingerprint density at radius 3 is 1.60 bits per heavy atom. The third-order valence-electron chi connectivity index (χ3n) is 5.88. The van der Waals surface area contributed by atoms with E-state index in [-0.39, 0.29) is 10.8 Å². The first-order valence-electron chi connectivity index (χ1n) is 10.2. The van der Waals surface area contributed by atoms with Gasteiger partial charge in [-0.15, -0.1) is 12.6 Å². The number of thiol groups is 1. The molecule has 1 aromatic rings. The summed E-state index contributed by atoms with van der Waals surface area (Å²) in [5.74, 6) is 0. The fourth-order valence-corrected chi connectivity index (χ4v) is 5.03.